The van der Waals surface area contributed by atoms with Crippen molar-refractivity contribution in [1.82, 2.24) is 15.1 Å². The van der Waals surface area contributed by atoms with Gasteiger partial charge >= 0.3 is 12.0 Å². The highest BCUT2D eigenvalue weighted by Gasteiger charge is 2.09. The topological polar surface area (TPSA) is 96.3 Å². The summed E-state index contributed by atoms with van der Waals surface area (Å²) in [5, 5.41) is 17.9. The van der Waals surface area contributed by atoms with Crippen molar-refractivity contribution in [2.24, 2.45) is 0 Å². The summed E-state index contributed by atoms with van der Waals surface area (Å²) in [5.74, 6) is -0.978. The molecule has 2 amide bonds. The van der Waals surface area contributed by atoms with Crippen LogP contribution < -0.4 is 10.6 Å². The first-order valence-electron chi connectivity index (χ1n) is 6.83. The van der Waals surface area contributed by atoms with Gasteiger partial charge in [-0.2, -0.15) is 5.10 Å². The Labute approximate surface area is 118 Å². The van der Waals surface area contributed by atoms with Crippen LogP contribution in [0.2, 0.25) is 0 Å². The van der Waals surface area contributed by atoms with Crippen molar-refractivity contribution in [2.45, 2.75) is 52.1 Å². The zero-order valence-electron chi connectivity index (χ0n) is 11.9. The van der Waals surface area contributed by atoms with Gasteiger partial charge in [0.05, 0.1) is 11.9 Å². The van der Waals surface area contributed by atoms with Gasteiger partial charge in [-0.15, -0.1) is 0 Å². The Hall–Kier alpha value is -2.05. The molecule has 3 N–H and O–H groups in total. The van der Waals surface area contributed by atoms with Gasteiger partial charge in [-0.1, -0.05) is 26.2 Å². The lowest BCUT2D eigenvalue weighted by Crippen LogP contribution is -2.35. The van der Waals surface area contributed by atoms with E-state index in [1.165, 1.54) is 17.1 Å². The predicted octanol–water partition coefficient (Wildman–Crippen LogP) is 2.06. The fraction of sp³-hybridized carbons (Fsp3) is 0.615. The number of aliphatic carboxylic acids is 1. The summed E-state index contributed by atoms with van der Waals surface area (Å²) in [6.45, 7) is 3.87. The third kappa shape index (κ3) is 6.21. The molecule has 0 saturated carbocycles. The summed E-state index contributed by atoms with van der Waals surface area (Å²) in [6, 6.07) is -0.195. The smallest absolute Gasteiger partial charge is 0.325 e. The van der Waals surface area contributed by atoms with Crippen molar-refractivity contribution in [1.29, 1.82) is 0 Å². The van der Waals surface area contributed by atoms with Crippen LogP contribution in [0.15, 0.2) is 12.4 Å². The average Bonchev–Trinajstić information content (AvgIpc) is 2.75. The normalized spacial score (nSPS) is 11.9. The molecule has 0 bridgehead atoms. The SMILES string of the molecule is CCCCCC(C)NC(=O)Nc1cnn(CC(=O)O)c1. The van der Waals surface area contributed by atoms with Gasteiger partial charge in [-0.3, -0.25) is 9.48 Å². The van der Waals surface area contributed by atoms with Crippen molar-refractivity contribution in [2.75, 3.05) is 5.32 Å². The number of carbonyl (C=O) groups is 2. The number of carboxylic acids is 1. The van der Waals surface area contributed by atoms with Crippen molar-refractivity contribution in [3.05, 3.63) is 12.4 Å². The average molecular weight is 282 g/mol. The van der Waals surface area contributed by atoms with Crippen LogP contribution in [0.5, 0.6) is 0 Å². The van der Waals surface area contributed by atoms with Gasteiger partial charge < -0.3 is 15.7 Å². The number of aromatic nitrogens is 2. The zero-order valence-corrected chi connectivity index (χ0v) is 11.9. The molecule has 1 aromatic rings. The standard InChI is InChI=1S/C13H22N4O3/c1-3-4-5-6-10(2)15-13(20)16-11-7-14-17(8-11)9-12(18)19/h7-8,10H,3-6,9H2,1-2H3,(H,18,19)(H2,15,16,20). The van der Waals surface area contributed by atoms with Crippen LogP contribution >= 0.6 is 0 Å². The molecule has 0 aliphatic carbocycles. The summed E-state index contributed by atoms with van der Waals surface area (Å²) in [5.41, 5.74) is 0.476. The van der Waals surface area contributed by atoms with Crippen LogP contribution in [-0.2, 0) is 11.3 Å². The van der Waals surface area contributed by atoms with E-state index >= 15 is 0 Å². The molecule has 0 radical (unpaired) electrons. The van der Waals surface area contributed by atoms with E-state index in [2.05, 4.69) is 22.7 Å². The van der Waals surface area contributed by atoms with Crippen molar-refractivity contribution in [3.8, 4) is 0 Å². The number of hydrogen-bond donors (Lipinski definition) is 3. The fourth-order valence-corrected chi connectivity index (χ4v) is 1.82. The molecule has 0 aliphatic rings. The highest BCUT2D eigenvalue weighted by Crippen LogP contribution is 2.06. The van der Waals surface area contributed by atoms with Gasteiger partial charge in [-0.25, -0.2) is 4.79 Å². The molecule has 0 fully saturated rings. The molecule has 7 nitrogen and oxygen atoms in total. The first kappa shape index (κ1) is 16.0. The fourth-order valence-electron chi connectivity index (χ4n) is 1.82. The number of amides is 2. The molecule has 1 atom stereocenters. The number of carbonyl (C=O) groups excluding carboxylic acids is 1. The van der Waals surface area contributed by atoms with Crippen LogP contribution in [0.25, 0.3) is 0 Å². The first-order chi connectivity index (χ1) is 9.51. The zero-order chi connectivity index (χ0) is 15.0. The summed E-state index contributed by atoms with van der Waals surface area (Å²) in [7, 11) is 0. The molecular formula is C13H22N4O3. The third-order valence-electron chi connectivity index (χ3n) is 2.81. The second-order valence-electron chi connectivity index (χ2n) is 4.82. The largest absolute Gasteiger partial charge is 0.480 e. The minimum absolute atomic E-state index is 0.107. The Kier molecular flexibility index (Phi) is 6.55. The summed E-state index contributed by atoms with van der Waals surface area (Å²) >= 11 is 0. The number of carboxylic acid groups (broad SMARTS) is 1. The molecule has 1 aromatic heterocycles. The second kappa shape index (κ2) is 8.19. The van der Waals surface area contributed by atoms with E-state index in [-0.39, 0.29) is 18.6 Å². The predicted molar refractivity (Wildman–Crippen MR) is 75.6 cm³/mol. The lowest BCUT2D eigenvalue weighted by atomic mass is 10.1. The monoisotopic (exact) mass is 282 g/mol. The Morgan fingerprint density at radius 1 is 1.45 bits per heavy atom. The van der Waals surface area contributed by atoms with E-state index in [9.17, 15) is 9.59 Å². The summed E-state index contributed by atoms with van der Waals surface area (Å²) in [4.78, 5) is 22.2. The lowest BCUT2D eigenvalue weighted by Gasteiger charge is -2.13. The van der Waals surface area contributed by atoms with E-state index in [0.717, 1.165) is 25.7 Å². The van der Waals surface area contributed by atoms with Gasteiger partial charge in [0.2, 0.25) is 0 Å². The van der Waals surface area contributed by atoms with Crippen molar-refractivity contribution in [3.63, 3.8) is 0 Å². The van der Waals surface area contributed by atoms with Crippen molar-refractivity contribution >= 4 is 17.7 Å². The minimum Gasteiger partial charge on any atom is -0.480 e. The van der Waals surface area contributed by atoms with Crippen LogP contribution in [0, 0.1) is 0 Å². The van der Waals surface area contributed by atoms with E-state index < -0.39 is 5.97 Å². The Bertz CT molecular complexity index is 445. The molecule has 112 valence electrons. The maximum Gasteiger partial charge on any atom is 0.325 e. The van der Waals surface area contributed by atoms with E-state index in [1.54, 1.807) is 0 Å². The quantitative estimate of drug-likeness (QED) is 0.636. The maximum atomic E-state index is 11.7. The molecule has 0 saturated heterocycles. The molecule has 20 heavy (non-hydrogen) atoms. The van der Waals surface area contributed by atoms with Gasteiger partial charge in [0, 0.05) is 12.2 Å². The van der Waals surface area contributed by atoms with Gasteiger partial charge in [0.25, 0.3) is 0 Å². The Balaban J connectivity index is 2.34. The molecule has 0 aliphatic heterocycles. The molecule has 0 spiro atoms. The first-order valence-corrected chi connectivity index (χ1v) is 6.83. The number of nitrogens with one attached hydrogen (secondary N) is 2. The highest BCUT2D eigenvalue weighted by atomic mass is 16.4. The molecule has 0 aromatic carbocycles. The summed E-state index contributed by atoms with van der Waals surface area (Å²) in [6.07, 6.45) is 7.25. The molecule has 1 heterocycles. The van der Waals surface area contributed by atoms with E-state index in [4.69, 9.17) is 5.11 Å². The molecule has 7 heteroatoms. The third-order valence-corrected chi connectivity index (χ3v) is 2.81. The van der Waals surface area contributed by atoms with Crippen LogP contribution in [-0.4, -0.2) is 32.9 Å². The minimum atomic E-state index is -0.978. The molecule has 1 unspecified atom stereocenters. The number of rotatable bonds is 8. The number of urea groups is 1. The number of nitrogens with zero attached hydrogens (tertiary/aromatic N) is 2. The Morgan fingerprint density at radius 3 is 2.85 bits per heavy atom. The molecular weight excluding hydrogens is 260 g/mol. The van der Waals surface area contributed by atoms with Gasteiger partial charge in [-0.05, 0) is 13.3 Å². The van der Waals surface area contributed by atoms with E-state index in [0.29, 0.717) is 5.69 Å². The maximum absolute atomic E-state index is 11.7. The van der Waals surface area contributed by atoms with Crippen LogP contribution in [0.1, 0.15) is 39.5 Å². The molecule has 1 rings (SSSR count). The lowest BCUT2D eigenvalue weighted by molar-refractivity contribution is -0.137. The summed E-state index contributed by atoms with van der Waals surface area (Å²) < 4.78 is 1.25. The van der Waals surface area contributed by atoms with E-state index in [1.807, 2.05) is 6.92 Å². The highest BCUT2D eigenvalue weighted by molar-refractivity contribution is 5.89. The second-order valence-corrected chi connectivity index (χ2v) is 4.82. The number of anilines is 1. The van der Waals surface area contributed by atoms with Crippen LogP contribution in [0.3, 0.4) is 0 Å². The van der Waals surface area contributed by atoms with Crippen LogP contribution in [0.4, 0.5) is 10.5 Å². The van der Waals surface area contributed by atoms with Crippen molar-refractivity contribution < 1.29 is 14.7 Å². The van der Waals surface area contributed by atoms with Gasteiger partial charge in [0.1, 0.15) is 6.54 Å². The van der Waals surface area contributed by atoms with Gasteiger partial charge in [0.15, 0.2) is 0 Å². The number of hydrogen-bond acceptors (Lipinski definition) is 3. The number of unbranched alkanes of at least 4 members (excludes halogenated alkanes) is 2. The Morgan fingerprint density at radius 2 is 2.20 bits per heavy atom.